The SMILES string of the molecule is COc1ccc(C2(O)CC(C)(C)CC(C)(C)C2)c(F)c1. The number of benzene rings is 1. The quantitative estimate of drug-likeness (QED) is 0.877. The second kappa shape index (κ2) is 4.73. The van der Waals surface area contributed by atoms with Gasteiger partial charge in [-0.2, -0.15) is 0 Å². The third-order valence-corrected chi connectivity index (χ3v) is 4.18. The maximum atomic E-state index is 14.3. The third kappa shape index (κ3) is 2.98. The van der Waals surface area contributed by atoms with Gasteiger partial charge in [0.05, 0.1) is 12.7 Å². The Hall–Kier alpha value is -1.09. The van der Waals surface area contributed by atoms with Crippen LogP contribution in [0.25, 0.3) is 0 Å². The van der Waals surface area contributed by atoms with Crippen LogP contribution < -0.4 is 4.74 Å². The summed E-state index contributed by atoms with van der Waals surface area (Å²) >= 11 is 0. The summed E-state index contributed by atoms with van der Waals surface area (Å²) < 4.78 is 19.4. The molecular formula is C17H25FO2. The first-order valence-corrected chi connectivity index (χ1v) is 7.13. The minimum absolute atomic E-state index is 0.0110. The summed E-state index contributed by atoms with van der Waals surface area (Å²) in [7, 11) is 1.51. The number of halogens is 1. The molecule has 112 valence electrons. The van der Waals surface area contributed by atoms with Crippen molar-refractivity contribution in [3.8, 4) is 5.75 Å². The average Bonchev–Trinajstić information content (AvgIpc) is 2.23. The number of aliphatic hydroxyl groups is 1. The Kier molecular flexibility index (Phi) is 3.62. The van der Waals surface area contributed by atoms with E-state index in [2.05, 4.69) is 27.7 Å². The average molecular weight is 280 g/mol. The molecule has 2 nitrogen and oxygen atoms in total. The van der Waals surface area contributed by atoms with Crippen LogP contribution in [0.3, 0.4) is 0 Å². The molecule has 0 heterocycles. The number of hydrogen-bond acceptors (Lipinski definition) is 2. The molecule has 0 aliphatic heterocycles. The molecule has 0 aromatic heterocycles. The van der Waals surface area contributed by atoms with Gasteiger partial charge in [0.1, 0.15) is 11.6 Å². The molecule has 0 saturated heterocycles. The van der Waals surface area contributed by atoms with E-state index in [1.807, 2.05) is 0 Å². The van der Waals surface area contributed by atoms with E-state index in [4.69, 9.17) is 4.74 Å². The van der Waals surface area contributed by atoms with Crippen molar-refractivity contribution in [2.24, 2.45) is 10.8 Å². The van der Waals surface area contributed by atoms with Crippen LogP contribution in [0.2, 0.25) is 0 Å². The van der Waals surface area contributed by atoms with E-state index >= 15 is 0 Å². The summed E-state index contributed by atoms with van der Waals surface area (Å²) in [4.78, 5) is 0. The highest BCUT2D eigenvalue weighted by Gasteiger charge is 2.48. The van der Waals surface area contributed by atoms with Crippen LogP contribution in [0.15, 0.2) is 18.2 Å². The largest absolute Gasteiger partial charge is 0.497 e. The molecule has 0 radical (unpaired) electrons. The van der Waals surface area contributed by atoms with Crippen molar-refractivity contribution in [2.75, 3.05) is 7.11 Å². The summed E-state index contributed by atoms with van der Waals surface area (Å²) in [5.74, 6) is 0.0875. The van der Waals surface area contributed by atoms with E-state index in [1.54, 1.807) is 12.1 Å². The van der Waals surface area contributed by atoms with Gasteiger partial charge in [0.25, 0.3) is 0 Å². The lowest BCUT2D eigenvalue weighted by atomic mass is 9.58. The summed E-state index contributed by atoms with van der Waals surface area (Å²) in [6.45, 7) is 8.56. The van der Waals surface area contributed by atoms with Gasteiger partial charge < -0.3 is 9.84 Å². The molecule has 2 rings (SSSR count). The van der Waals surface area contributed by atoms with Crippen molar-refractivity contribution in [2.45, 2.75) is 52.6 Å². The Morgan fingerprint density at radius 1 is 1.05 bits per heavy atom. The Balaban J connectivity index is 2.44. The predicted molar refractivity (Wildman–Crippen MR) is 78.3 cm³/mol. The van der Waals surface area contributed by atoms with E-state index < -0.39 is 5.60 Å². The predicted octanol–water partition coefficient (Wildman–Crippen LogP) is 4.26. The second-order valence-electron chi connectivity index (χ2n) is 7.74. The number of methoxy groups -OCH3 is 1. The van der Waals surface area contributed by atoms with Crippen LogP contribution in [-0.4, -0.2) is 12.2 Å². The Morgan fingerprint density at radius 3 is 2.05 bits per heavy atom. The molecule has 1 saturated carbocycles. The lowest BCUT2D eigenvalue weighted by Crippen LogP contribution is -2.44. The highest BCUT2D eigenvalue weighted by Crippen LogP contribution is 2.54. The molecule has 0 unspecified atom stereocenters. The Bertz CT molecular complexity index is 490. The van der Waals surface area contributed by atoms with Crippen molar-refractivity contribution < 1.29 is 14.2 Å². The molecule has 20 heavy (non-hydrogen) atoms. The van der Waals surface area contributed by atoms with E-state index in [1.165, 1.54) is 13.2 Å². The fraction of sp³-hybridized carbons (Fsp3) is 0.647. The molecule has 1 aliphatic rings. The zero-order valence-corrected chi connectivity index (χ0v) is 13.1. The standard InChI is InChI=1S/C17H25FO2/c1-15(2)9-16(3,4)11-17(19,10-15)13-7-6-12(20-5)8-14(13)18/h6-8,19H,9-11H2,1-5H3. The summed E-state index contributed by atoms with van der Waals surface area (Å²) in [6.07, 6.45) is 2.18. The van der Waals surface area contributed by atoms with Crippen LogP contribution in [0.5, 0.6) is 5.75 Å². The van der Waals surface area contributed by atoms with Gasteiger partial charge in [-0.15, -0.1) is 0 Å². The first-order chi connectivity index (χ1) is 9.07. The first-order valence-electron chi connectivity index (χ1n) is 7.13. The maximum Gasteiger partial charge on any atom is 0.132 e. The molecule has 0 spiro atoms. The molecule has 1 aromatic rings. The fourth-order valence-electron chi connectivity index (χ4n) is 4.26. The van der Waals surface area contributed by atoms with E-state index in [0.717, 1.165) is 6.42 Å². The smallest absolute Gasteiger partial charge is 0.132 e. The van der Waals surface area contributed by atoms with Crippen LogP contribution >= 0.6 is 0 Å². The molecule has 1 aliphatic carbocycles. The van der Waals surface area contributed by atoms with E-state index in [9.17, 15) is 9.50 Å². The summed E-state index contributed by atoms with van der Waals surface area (Å²) in [6, 6.07) is 4.72. The van der Waals surface area contributed by atoms with Gasteiger partial charge in [0.15, 0.2) is 0 Å². The summed E-state index contributed by atoms with van der Waals surface area (Å²) in [5.41, 5.74) is -0.744. The molecule has 0 bridgehead atoms. The summed E-state index contributed by atoms with van der Waals surface area (Å²) in [5, 5.41) is 11.1. The molecule has 0 amide bonds. The number of hydrogen-bond donors (Lipinski definition) is 1. The van der Waals surface area contributed by atoms with Gasteiger partial charge in [0.2, 0.25) is 0 Å². The second-order valence-corrected chi connectivity index (χ2v) is 7.74. The molecule has 1 aromatic carbocycles. The van der Waals surface area contributed by atoms with Gasteiger partial charge in [-0.3, -0.25) is 0 Å². The molecule has 1 fully saturated rings. The number of rotatable bonds is 2. The van der Waals surface area contributed by atoms with Crippen molar-refractivity contribution in [3.05, 3.63) is 29.6 Å². The zero-order chi connectivity index (χ0) is 15.2. The van der Waals surface area contributed by atoms with Gasteiger partial charge in [0, 0.05) is 11.6 Å². The van der Waals surface area contributed by atoms with Crippen LogP contribution in [0.1, 0.15) is 52.5 Å². The first kappa shape index (κ1) is 15.3. The van der Waals surface area contributed by atoms with Gasteiger partial charge >= 0.3 is 0 Å². The monoisotopic (exact) mass is 280 g/mol. The highest BCUT2D eigenvalue weighted by atomic mass is 19.1. The van der Waals surface area contributed by atoms with Gasteiger partial charge in [-0.05, 0) is 42.2 Å². The normalized spacial score (nSPS) is 23.4. The molecule has 0 atom stereocenters. The van der Waals surface area contributed by atoms with Crippen LogP contribution in [-0.2, 0) is 5.60 Å². The van der Waals surface area contributed by atoms with Crippen molar-refractivity contribution >= 4 is 0 Å². The lowest BCUT2D eigenvalue weighted by molar-refractivity contribution is -0.0931. The number of ether oxygens (including phenoxy) is 1. The fourth-order valence-corrected chi connectivity index (χ4v) is 4.26. The maximum absolute atomic E-state index is 14.3. The third-order valence-electron chi connectivity index (χ3n) is 4.18. The minimum atomic E-state index is -1.11. The zero-order valence-electron chi connectivity index (χ0n) is 13.1. The van der Waals surface area contributed by atoms with Gasteiger partial charge in [-0.1, -0.05) is 27.7 Å². The molecule has 3 heteroatoms. The highest BCUT2D eigenvalue weighted by molar-refractivity contribution is 5.33. The Morgan fingerprint density at radius 2 is 1.60 bits per heavy atom. The van der Waals surface area contributed by atoms with Crippen molar-refractivity contribution in [1.29, 1.82) is 0 Å². The molecule has 1 N–H and O–H groups in total. The van der Waals surface area contributed by atoms with E-state index in [-0.39, 0.29) is 16.6 Å². The Labute approximate surface area is 121 Å². The van der Waals surface area contributed by atoms with Crippen LogP contribution in [0.4, 0.5) is 4.39 Å². The van der Waals surface area contributed by atoms with E-state index in [0.29, 0.717) is 24.2 Å². The lowest BCUT2D eigenvalue weighted by Gasteiger charge is -2.49. The van der Waals surface area contributed by atoms with Crippen molar-refractivity contribution in [1.82, 2.24) is 0 Å². The minimum Gasteiger partial charge on any atom is -0.497 e. The van der Waals surface area contributed by atoms with Crippen molar-refractivity contribution in [3.63, 3.8) is 0 Å². The van der Waals surface area contributed by atoms with Crippen LogP contribution in [0, 0.1) is 16.6 Å². The van der Waals surface area contributed by atoms with Gasteiger partial charge in [-0.25, -0.2) is 4.39 Å². The molecular weight excluding hydrogens is 255 g/mol. The topological polar surface area (TPSA) is 29.5 Å².